The molecule has 1 aliphatic heterocycles. The molecule has 51 heavy (non-hydrogen) atoms. The fourth-order valence-electron chi connectivity index (χ4n) is 7.78. The molecule has 1 aromatic carbocycles. The molecule has 1 unspecified atom stereocenters. The van der Waals surface area contributed by atoms with Gasteiger partial charge in [-0.2, -0.15) is 0 Å². The number of unbranched alkanes of at least 4 members (excludes halogenated alkanes) is 27. The monoisotopic (exact) mass is 714 g/mol. The maximum absolute atomic E-state index is 6.62. The van der Waals surface area contributed by atoms with Gasteiger partial charge in [-0.15, -0.1) is 0 Å². The van der Waals surface area contributed by atoms with E-state index in [-0.39, 0.29) is 0 Å². The summed E-state index contributed by atoms with van der Waals surface area (Å²) in [5.41, 5.74) is 1.33. The first kappa shape index (κ1) is 45.7. The van der Waals surface area contributed by atoms with Crippen molar-refractivity contribution in [2.45, 2.75) is 232 Å². The molecule has 1 aliphatic rings. The predicted molar refractivity (Wildman–Crippen MR) is 223 cm³/mol. The van der Waals surface area contributed by atoms with Gasteiger partial charge in [-0.25, -0.2) is 0 Å². The fraction of sp³-hybridized carbons (Fsp3) is 0.872. The average Bonchev–Trinajstić information content (AvgIpc) is 3.57. The van der Waals surface area contributed by atoms with Gasteiger partial charge in [0.1, 0.15) is 0 Å². The van der Waals surface area contributed by atoms with Crippen LogP contribution in [0.1, 0.15) is 238 Å². The summed E-state index contributed by atoms with van der Waals surface area (Å²) in [6, 6.07) is 5.02. The Hall–Kier alpha value is -1.42. The first-order valence-corrected chi connectivity index (χ1v) is 23.0. The van der Waals surface area contributed by atoms with Crippen LogP contribution in [0, 0.1) is 0 Å². The average molecular weight is 714 g/mol. The Morgan fingerprint density at radius 3 is 1.08 bits per heavy atom. The van der Waals surface area contributed by atoms with Gasteiger partial charge in [0.05, 0.1) is 19.8 Å². The lowest BCUT2D eigenvalue weighted by Crippen LogP contribution is -2.18. The predicted octanol–water partition coefficient (Wildman–Crippen LogP) is 15.4. The van der Waals surface area contributed by atoms with Gasteiger partial charge in [-0.05, 0) is 63.4 Å². The molecule has 0 N–H and O–H groups in total. The van der Waals surface area contributed by atoms with E-state index in [4.69, 9.17) is 14.2 Å². The zero-order valence-corrected chi connectivity index (χ0v) is 34.9. The lowest BCUT2D eigenvalue weighted by molar-refractivity contribution is 0.232. The van der Waals surface area contributed by atoms with Crippen molar-refractivity contribution in [2.24, 2.45) is 0 Å². The Balaban J connectivity index is 1.93. The minimum absolute atomic E-state index is 0.431. The van der Waals surface area contributed by atoms with E-state index in [1.807, 2.05) is 0 Å². The van der Waals surface area contributed by atoms with Crippen molar-refractivity contribution in [1.29, 1.82) is 0 Å². The summed E-state index contributed by atoms with van der Waals surface area (Å²) in [6.45, 7) is 10.3. The van der Waals surface area contributed by atoms with Gasteiger partial charge in [0, 0.05) is 6.04 Å². The summed E-state index contributed by atoms with van der Waals surface area (Å²) in [5.74, 6) is 2.68. The van der Waals surface area contributed by atoms with Crippen LogP contribution in [0.15, 0.2) is 12.1 Å². The number of rotatable bonds is 37. The maximum Gasteiger partial charge on any atom is 0.203 e. The molecule has 1 aromatic rings. The van der Waals surface area contributed by atoms with Crippen LogP contribution in [0.3, 0.4) is 0 Å². The van der Waals surface area contributed by atoms with Crippen LogP contribution >= 0.6 is 0 Å². The Bertz CT molecular complexity index is 856. The molecule has 4 heteroatoms. The standard InChI is InChI=1S/C47H87NO3/c1-5-8-11-14-17-20-23-26-29-32-38-49-45-41-43(44-36-35-37-48(44)4)42-46(50-39-33-30-27-24-21-18-15-12-9-6-2)47(45)51-40-34-31-28-25-22-19-16-13-10-7-3/h41-42,44H,5-40H2,1-4H3. The highest BCUT2D eigenvalue weighted by atomic mass is 16.5. The fourth-order valence-corrected chi connectivity index (χ4v) is 7.78. The molecule has 2 rings (SSSR count). The van der Waals surface area contributed by atoms with Gasteiger partial charge in [0.15, 0.2) is 11.5 Å². The molecule has 298 valence electrons. The van der Waals surface area contributed by atoms with E-state index in [0.717, 1.165) is 62.9 Å². The lowest BCUT2D eigenvalue weighted by atomic mass is 10.0. The lowest BCUT2D eigenvalue weighted by Gasteiger charge is -2.24. The van der Waals surface area contributed by atoms with E-state index in [2.05, 4.69) is 44.9 Å². The second-order valence-electron chi connectivity index (χ2n) is 16.1. The van der Waals surface area contributed by atoms with E-state index in [1.54, 1.807) is 0 Å². The van der Waals surface area contributed by atoms with Crippen molar-refractivity contribution in [3.05, 3.63) is 17.7 Å². The molecule has 0 spiro atoms. The molecule has 0 aliphatic carbocycles. The highest BCUT2D eigenvalue weighted by Gasteiger charge is 2.26. The smallest absolute Gasteiger partial charge is 0.203 e. The van der Waals surface area contributed by atoms with Crippen LogP contribution in [0.2, 0.25) is 0 Å². The van der Waals surface area contributed by atoms with Gasteiger partial charge in [-0.1, -0.05) is 194 Å². The van der Waals surface area contributed by atoms with Crippen molar-refractivity contribution in [3.63, 3.8) is 0 Å². The number of hydrogen-bond donors (Lipinski definition) is 0. The molecule has 1 fully saturated rings. The van der Waals surface area contributed by atoms with Crippen LogP contribution in [-0.4, -0.2) is 38.3 Å². The summed E-state index contributed by atoms with van der Waals surface area (Å²) < 4.78 is 19.9. The van der Waals surface area contributed by atoms with Crippen LogP contribution < -0.4 is 14.2 Å². The van der Waals surface area contributed by atoms with Crippen LogP contribution in [-0.2, 0) is 0 Å². The van der Waals surface area contributed by atoms with E-state index in [9.17, 15) is 0 Å². The zero-order chi connectivity index (χ0) is 36.5. The molecule has 1 saturated heterocycles. The van der Waals surface area contributed by atoms with E-state index >= 15 is 0 Å². The summed E-state index contributed by atoms with van der Waals surface area (Å²) in [4.78, 5) is 2.50. The number of ether oxygens (including phenoxy) is 3. The normalized spacial score (nSPS) is 14.8. The first-order valence-electron chi connectivity index (χ1n) is 23.0. The molecule has 0 amide bonds. The summed E-state index contributed by atoms with van der Waals surface area (Å²) in [6.07, 6.45) is 42.5. The van der Waals surface area contributed by atoms with Crippen molar-refractivity contribution in [3.8, 4) is 17.2 Å². The summed E-state index contributed by atoms with van der Waals surface area (Å²) in [5, 5.41) is 0. The van der Waals surface area contributed by atoms with Crippen molar-refractivity contribution < 1.29 is 14.2 Å². The number of hydrogen-bond acceptors (Lipinski definition) is 4. The highest BCUT2D eigenvalue weighted by molar-refractivity contribution is 5.54. The van der Waals surface area contributed by atoms with Gasteiger partial charge < -0.3 is 14.2 Å². The Kier molecular flexibility index (Phi) is 29.7. The molecule has 0 saturated carbocycles. The maximum atomic E-state index is 6.62. The van der Waals surface area contributed by atoms with Gasteiger partial charge >= 0.3 is 0 Å². The van der Waals surface area contributed by atoms with Crippen LogP contribution in [0.5, 0.6) is 17.2 Å². The first-order chi connectivity index (χ1) is 25.2. The highest BCUT2D eigenvalue weighted by Crippen LogP contribution is 2.43. The number of nitrogens with zero attached hydrogens (tertiary/aromatic N) is 1. The third-order valence-corrected chi connectivity index (χ3v) is 11.2. The van der Waals surface area contributed by atoms with E-state index in [1.165, 1.54) is 192 Å². The summed E-state index contributed by atoms with van der Waals surface area (Å²) >= 11 is 0. The second kappa shape index (κ2) is 33.2. The Morgan fingerprint density at radius 2 is 0.765 bits per heavy atom. The van der Waals surface area contributed by atoms with Crippen molar-refractivity contribution in [1.82, 2.24) is 4.90 Å². The Labute approximate surface area is 318 Å². The minimum atomic E-state index is 0.431. The second-order valence-corrected chi connectivity index (χ2v) is 16.1. The Morgan fingerprint density at radius 1 is 0.451 bits per heavy atom. The molecule has 0 radical (unpaired) electrons. The zero-order valence-electron chi connectivity index (χ0n) is 34.9. The van der Waals surface area contributed by atoms with Gasteiger partial charge in [0.2, 0.25) is 5.75 Å². The number of likely N-dealkylation sites (tertiary alicyclic amines) is 1. The van der Waals surface area contributed by atoms with Crippen LogP contribution in [0.4, 0.5) is 0 Å². The third kappa shape index (κ3) is 23.1. The molecular formula is C47H87NO3. The SMILES string of the molecule is CCCCCCCCCCCCOc1cc(C2CCCN2C)cc(OCCCCCCCCCCCC)c1OCCCCCCCCCCCC. The molecule has 1 atom stereocenters. The largest absolute Gasteiger partial charge is 0.490 e. The molecule has 0 bridgehead atoms. The number of benzene rings is 1. The molecule has 0 aromatic heterocycles. The van der Waals surface area contributed by atoms with Gasteiger partial charge in [-0.3, -0.25) is 4.90 Å². The van der Waals surface area contributed by atoms with E-state index in [0.29, 0.717) is 6.04 Å². The topological polar surface area (TPSA) is 30.9 Å². The van der Waals surface area contributed by atoms with E-state index < -0.39 is 0 Å². The van der Waals surface area contributed by atoms with Crippen molar-refractivity contribution >= 4 is 0 Å². The minimum Gasteiger partial charge on any atom is -0.490 e. The quantitative estimate of drug-likeness (QED) is 0.0642. The van der Waals surface area contributed by atoms with Crippen LogP contribution in [0.25, 0.3) is 0 Å². The molecular weight excluding hydrogens is 627 g/mol. The molecule has 1 heterocycles. The van der Waals surface area contributed by atoms with Gasteiger partial charge in [0.25, 0.3) is 0 Å². The third-order valence-electron chi connectivity index (χ3n) is 11.2. The molecule has 4 nitrogen and oxygen atoms in total. The van der Waals surface area contributed by atoms with Crippen molar-refractivity contribution in [2.75, 3.05) is 33.4 Å². The summed E-state index contributed by atoms with van der Waals surface area (Å²) in [7, 11) is 2.27.